The zero-order chi connectivity index (χ0) is 16.6. The van der Waals surface area contributed by atoms with Crippen molar-refractivity contribution in [3.63, 3.8) is 0 Å². The third-order valence-electron chi connectivity index (χ3n) is 5.50. The quantitative estimate of drug-likeness (QED) is 0.801. The average Bonchev–Trinajstić information content (AvgIpc) is 3.30. The molecule has 1 heterocycles. The standard InChI is InChI=1S/C19H25N3OS.ClH/c1-14-6-8-15(9-7-14)24-19(12-4-5-13-19)17-21-16(22-23-17)18(20)10-2-3-11-18;/h6-9H,2-5,10-13,20H2,1H3;1H. The zero-order valence-corrected chi connectivity index (χ0v) is 16.3. The third kappa shape index (κ3) is 3.60. The van der Waals surface area contributed by atoms with E-state index in [-0.39, 0.29) is 22.7 Å². The summed E-state index contributed by atoms with van der Waals surface area (Å²) in [7, 11) is 0. The molecule has 25 heavy (non-hydrogen) atoms. The van der Waals surface area contributed by atoms with Gasteiger partial charge in [-0.15, -0.1) is 24.2 Å². The second kappa shape index (κ2) is 7.29. The van der Waals surface area contributed by atoms with Crippen LogP contribution in [-0.2, 0) is 10.3 Å². The highest BCUT2D eigenvalue weighted by atomic mass is 35.5. The minimum Gasteiger partial charge on any atom is -0.338 e. The smallest absolute Gasteiger partial charge is 0.243 e. The Morgan fingerprint density at radius 1 is 1.00 bits per heavy atom. The first kappa shape index (κ1) is 18.7. The van der Waals surface area contributed by atoms with Gasteiger partial charge in [-0.05, 0) is 44.7 Å². The predicted molar refractivity (Wildman–Crippen MR) is 103 cm³/mol. The molecule has 2 fully saturated rings. The fourth-order valence-corrected chi connectivity index (χ4v) is 5.36. The number of hydrogen-bond donors (Lipinski definition) is 1. The van der Waals surface area contributed by atoms with Crippen LogP contribution in [0.5, 0.6) is 0 Å². The second-order valence-electron chi connectivity index (χ2n) is 7.40. The highest BCUT2D eigenvalue weighted by molar-refractivity contribution is 8.00. The van der Waals surface area contributed by atoms with Gasteiger partial charge in [0.2, 0.25) is 5.89 Å². The molecule has 0 bridgehead atoms. The minimum atomic E-state index is -0.379. The molecule has 6 heteroatoms. The number of nitrogens with two attached hydrogens (primary N) is 1. The van der Waals surface area contributed by atoms with Crippen LogP contribution in [0.2, 0.25) is 0 Å². The van der Waals surface area contributed by atoms with Crippen molar-refractivity contribution in [2.45, 2.75) is 73.5 Å². The van der Waals surface area contributed by atoms with Crippen LogP contribution in [0, 0.1) is 6.92 Å². The van der Waals surface area contributed by atoms with Gasteiger partial charge in [-0.25, -0.2) is 0 Å². The summed E-state index contributed by atoms with van der Waals surface area (Å²) >= 11 is 1.88. The molecule has 1 aromatic heterocycles. The summed E-state index contributed by atoms with van der Waals surface area (Å²) in [5, 5.41) is 4.29. The molecule has 0 saturated heterocycles. The Kier molecular flexibility index (Phi) is 5.47. The Morgan fingerprint density at radius 3 is 2.24 bits per heavy atom. The Labute approximate surface area is 159 Å². The van der Waals surface area contributed by atoms with Crippen LogP contribution in [0.25, 0.3) is 0 Å². The number of thioether (sulfide) groups is 1. The highest BCUT2D eigenvalue weighted by Gasteiger charge is 2.44. The summed E-state index contributed by atoms with van der Waals surface area (Å²) in [5.74, 6) is 1.49. The summed E-state index contributed by atoms with van der Waals surface area (Å²) in [6.45, 7) is 2.12. The van der Waals surface area contributed by atoms with Crippen LogP contribution in [0.15, 0.2) is 33.7 Å². The van der Waals surface area contributed by atoms with Gasteiger partial charge < -0.3 is 10.3 Å². The van der Waals surface area contributed by atoms with Crippen molar-refractivity contribution in [2.75, 3.05) is 0 Å². The van der Waals surface area contributed by atoms with E-state index in [9.17, 15) is 0 Å². The van der Waals surface area contributed by atoms with Crippen LogP contribution in [0.4, 0.5) is 0 Å². The lowest BCUT2D eigenvalue weighted by Crippen LogP contribution is -2.34. The van der Waals surface area contributed by atoms with Gasteiger partial charge in [-0.2, -0.15) is 4.98 Å². The van der Waals surface area contributed by atoms with Crippen LogP contribution >= 0.6 is 24.2 Å². The molecule has 4 nitrogen and oxygen atoms in total. The van der Waals surface area contributed by atoms with Gasteiger partial charge in [0.25, 0.3) is 0 Å². The lowest BCUT2D eigenvalue weighted by molar-refractivity contribution is 0.324. The van der Waals surface area contributed by atoms with Gasteiger partial charge in [0.05, 0.1) is 10.3 Å². The number of aromatic nitrogens is 2. The molecule has 0 atom stereocenters. The van der Waals surface area contributed by atoms with E-state index in [0.717, 1.165) is 44.4 Å². The van der Waals surface area contributed by atoms with E-state index in [1.807, 2.05) is 11.8 Å². The van der Waals surface area contributed by atoms with Crippen molar-refractivity contribution in [1.82, 2.24) is 10.1 Å². The minimum absolute atomic E-state index is 0. The van der Waals surface area contributed by atoms with E-state index >= 15 is 0 Å². The van der Waals surface area contributed by atoms with E-state index in [1.165, 1.54) is 23.3 Å². The maximum absolute atomic E-state index is 6.51. The number of aryl methyl sites for hydroxylation is 1. The maximum Gasteiger partial charge on any atom is 0.243 e. The van der Waals surface area contributed by atoms with E-state index in [0.29, 0.717) is 5.82 Å². The molecule has 4 rings (SSSR count). The van der Waals surface area contributed by atoms with Gasteiger partial charge in [0.1, 0.15) is 0 Å². The number of rotatable bonds is 4. The lowest BCUT2D eigenvalue weighted by Gasteiger charge is -2.24. The molecule has 2 N–H and O–H groups in total. The van der Waals surface area contributed by atoms with Gasteiger partial charge in [0.15, 0.2) is 5.82 Å². The Morgan fingerprint density at radius 2 is 1.60 bits per heavy atom. The van der Waals surface area contributed by atoms with Gasteiger partial charge >= 0.3 is 0 Å². The summed E-state index contributed by atoms with van der Waals surface area (Å²) in [6.07, 6.45) is 8.84. The Bertz CT molecular complexity index is 704. The molecular formula is C19H26ClN3OS. The lowest BCUT2D eigenvalue weighted by atomic mass is 9.98. The van der Waals surface area contributed by atoms with Crippen molar-refractivity contribution in [1.29, 1.82) is 0 Å². The normalized spacial score (nSPS) is 21.2. The van der Waals surface area contributed by atoms with Crippen molar-refractivity contribution < 1.29 is 4.52 Å². The molecule has 2 aliphatic carbocycles. The fraction of sp³-hybridized carbons (Fsp3) is 0.579. The van der Waals surface area contributed by atoms with E-state index in [1.54, 1.807) is 0 Å². The molecular weight excluding hydrogens is 354 g/mol. The van der Waals surface area contributed by atoms with Crippen LogP contribution < -0.4 is 5.73 Å². The summed E-state index contributed by atoms with van der Waals surface area (Å²) in [5.41, 5.74) is 7.42. The van der Waals surface area contributed by atoms with Crippen LogP contribution in [-0.4, -0.2) is 10.1 Å². The molecule has 0 aliphatic heterocycles. The topological polar surface area (TPSA) is 64.9 Å². The zero-order valence-electron chi connectivity index (χ0n) is 14.7. The fourth-order valence-electron chi connectivity index (χ4n) is 3.98. The van der Waals surface area contributed by atoms with Crippen molar-refractivity contribution in [3.05, 3.63) is 41.5 Å². The molecule has 0 radical (unpaired) electrons. The largest absolute Gasteiger partial charge is 0.338 e. The Balaban J connectivity index is 0.00000182. The number of hydrogen-bond acceptors (Lipinski definition) is 5. The molecule has 0 unspecified atom stereocenters. The third-order valence-corrected chi connectivity index (χ3v) is 6.98. The second-order valence-corrected chi connectivity index (χ2v) is 8.86. The SMILES string of the molecule is Cc1ccc(SC2(c3nc(C4(N)CCCC4)no3)CCCC2)cc1.Cl. The summed E-state index contributed by atoms with van der Waals surface area (Å²) in [6, 6.07) is 8.72. The van der Waals surface area contributed by atoms with E-state index in [2.05, 4.69) is 36.3 Å². The summed E-state index contributed by atoms with van der Waals surface area (Å²) < 4.78 is 5.68. The molecule has 2 aromatic rings. The van der Waals surface area contributed by atoms with E-state index < -0.39 is 0 Å². The van der Waals surface area contributed by atoms with Gasteiger partial charge in [-0.1, -0.05) is 48.5 Å². The first-order valence-corrected chi connectivity index (χ1v) is 9.81. The number of halogens is 1. The molecule has 0 amide bonds. The molecule has 136 valence electrons. The highest BCUT2D eigenvalue weighted by Crippen LogP contribution is 2.52. The molecule has 2 saturated carbocycles. The van der Waals surface area contributed by atoms with Crippen molar-refractivity contribution in [2.24, 2.45) is 5.73 Å². The van der Waals surface area contributed by atoms with E-state index in [4.69, 9.17) is 15.2 Å². The molecule has 2 aliphatic rings. The number of benzene rings is 1. The molecule has 0 spiro atoms. The van der Waals surface area contributed by atoms with Crippen LogP contribution in [0.3, 0.4) is 0 Å². The predicted octanol–water partition coefficient (Wildman–Crippen LogP) is 5.09. The van der Waals surface area contributed by atoms with Crippen molar-refractivity contribution in [3.8, 4) is 0 Å². The molecule has 1 aromatic carbocycles. The monoisotopic (exact) mass is 379 g/mol. The van der Waals surface area contributed by atoms with Crippen LogP contribution in [0.1, 0.15) is 68.6 Å². The Hall–Kier alpha value is -1.04. The van der Waals surface area contributed by atoms with Crippen molar-refractivity contribution >= 4 is 24.2 Å². The first-order chi connectivity index (χ1) is 11.6. The first-order valence-electron chi connectivity index (χ1n) is 8.99. The van der Waals surface area contributed by atoms with Gasteiger partial charge in [-0.3, -0.25) is 0 Å². The van der Waals surface area contributed by atoms with Gasteiger partial charge in [0, 0.05) is 4.90 Å². The maximum atomic E-state index is 6.51. The average molecular weight is 380 g/mol. The number of nitrogens with zero attached hydrogens (tertiary/aromatic N) is 2. The summed E-state index contributed by atoms with van der Waals surface area (Å²) in [4.78, 5) is 6.08.